The minimum absolute atomic E-state index is 0.809. The molecule has 2 N–H and O–H groups in total. The lowest BCUT2D eigenvalue weighted by molar-refractivity contribution is 0.768. The van der Waals surface area contributed by atoms with Crippen LogP contribution in [0.1, 0.15) is 0 Å². The molecule has 0 aromatic carbocycles. The van der Waals surface area contributed by atoms with E-state index in [-0.39, 0.29) is 0 Å². The molecule has 0 amide bonds. The molecule has 30 heavy (non-hydrogen) atoms. The summed E-state index contributed by atoms with van der Waals surface area (Å²) in [7, 11) is 1.89. The van der Waals surface area contributed by atoms with Gasteiger partial charge in [-0.2, -0.15) is 10.2 Å². The van der Waals surface area contributed by atoms with Gasteiger partial charge in [0.05, 0.1) is 29.3 Å². The number of pyridine rings is 3. The van der Waals surface area contributed by atoms with E-state index < -0.39 is 0 Å². The molecule has 6 aromatic heterocycles. The molecule has 0 fully saturated rings. The number of nitrogens with one attached hydrogen (secondary N) is 2. The lowest BCUT2D eigenvalue weighted by atomic mass is 10.1. The van der Waals surface area contributed by atoms with E-state index in [2.05, 4.69) is 41.3 Å². The largest absolute Gasteiger partial charge is 0.338 e. The quantitative estimate of drug-likeness (QED) is 0.475. The van der Waals surface area contributed by atoms with Gasteiger partial charge in [0.25, 0.3) is 0 Å². The second kappa shape index (κ2) is 6.35. The third kappa shape index (κ3) is 2.58. The van der Waals surface area contributed by atoms with Gasteiger partial charge >= 0.3 is 0 Å². The summed E-state index contributed by atoms with van der Waals surface area (Å²) < 4.78 is 1.76. The number of hydrogen-bond acceptors (Lipinski definition) is 5. The fraction of sp³-hybridized carbons (Fsp3) is 0.0455. The Balaban J connectivity index is 1.52. The molecule has 0 bridgehead atoms. The number of aryl methyl sites for hydroxylation is 1. The summed E-state index contributed by atoms with van der Waals surface area (Å²) >= 11 is 0. The van der Waals surface area contributed by atoms with Crippen molar-refractivity contribution in [2.75, 3.05) is 0 Å². The minimum atomic E-state index is 0.809. The van der Waals surface area contributed by atoms with Crippen molar-refractivity contribution in [1.29, 1.82) is 0 Å². The first kappa shape index (κ1) is 16.6. The van der Waals surface area contributed by atoms with Gasteiger partial charge in [-0.1, -0.05) is 6.07 Å². The highest BCUT2D eigenvalue weighted by Crippen LogP contribution is 2.33. The summed E-state index contributed by atoms with van der Waals surface area (Å²) in [5.74, 6) is 0. The molecule has 0 aliphatic heterocycles. The van der Waals surface area contributed by atoms with Crippen molar-refractivity contribution in [3.8, 4) is 33.8 Å². The van der Waals surface area contributed by atoms with Gasteiger partial charge in [0.2, 0.25) is 0 Å². The monoisotopic (exact) mass is 392 g/mol. The molecule has 0 saturated carbocycles. The van der Waals surface area contributed by atoms with Crippen molar-refractivity contribution < 1.29 is 0 Å². The van der Waals surface area contributed by atoms with Gasteiger partial charge in [-0.15, -0.1) is 0 Å². The highest BCUT2D eigenvalue weighted by molar-refractivity contribution is 6.00. The predicted molar refractivity (Wildman–Crippen MR) is 114 cm³/mol. The average molecular weight is 392 g/mol. The average Bonchev–Trinajstić information content (AvgIpc) is 3.50. The number of H-pyrrole nitrogens is 2. The molecule has 8 nitrogen and oxygen atoms in total. The molecule has 144 valence electrons. The number of rotatable bonds is 3. The zero-order valence-corrected chi connectivity index (χ0v) is 16.0. The lowest BCUT2D eigenvalue weighted by Crippen LogP contribution is -1.85. The number of hydrogen-bond donors (Lipinski definition) is 2. The van der Waals surface area contributed by atoms with E-state index in [0.717, 1.165) is 55.7 Å². The van der Waals surface area contributed by atoms with E-state index in [1.807, 2.05) is 43.7 Å². The molecule has 0 aliphatic rings. The van der Waals surface area contributed by atoms with Gasteiger partial charge in [0.1, 0.15) is 11.3 Å². The normalized spacial score (nSPS) is 11.5. The van der Waals surface area contributed by atoms with E-state index in [1.54, 1.807) is 29.5 Å². The Morgan fingerprint density at radius 2 is 1.90 bits per heavy atom. The van der Waals surface area contributed by atoms with Gasteiger partial charge in [0, 0.05) is 53.7 Å². The molecular weight excluding hydrogens is 376 g/mol. The molecule has 0 unspecified atom stereocenters. The summed E-state index contributed by atoms with van der Waals surface area (Å²) in [5, 5.41) is 13.9. The van der Waals surface area contributed by atoms with Crippen LogP contribution in [-0.2, 0) is 7.05 Å². The van der Waals surface area contributed by atoms with Gasteiger partial charge in [0.15, 0.2) is 0 Å². The highest BCUT2D eigenvalue weighted by atomic mass is 15.2. The van der Waals surface area contributed by atoms with Crippen LogP contribution in [0.15, 0.2) is 67.5 Å². The van der Waals surface area contributed by atoms with Crippen LogP contribution in [0.3, 0.4) is 0 Å². The Bertz CT molecular complexity index is 1510. The maximum absolute atomic E-state index is 4.55. The van der Waals surface area contributed by atoms with E-state index in [9.17, 15) is 0 Å². The summed E-state index contributed by atoms with van der Waals surface area (Å²) in [4.78, 5) is 16.7. The van der Waals surface area contributed by atoms with Crippen molar-refractivity contribution in [2.24, 2.45) is 7.05 Å². The highest BCUT2D eigenvalue weighted by Gasteiger charge is 2.15. The van der Waals surface area contributed by atoms with Crippen LogP contribution >= 0.6 is 0 Å². The van der Waals surface area contributed by atoms with Crippen molar-refractivity contribution in [2.45, 2.75) is 0 Å². The van der Waals surface area contributed by atoms with Crippen LogP contribution in [0.5, 0.6) is 0 Å². The van der Waals surface area contributed by atoms with Crippen LogP contribution in [0.2, 0.25) is 0 Å². The lowest BCUT2D eigenvalue weighted by Gasteiger charge is -2.01. The van der Waals surface area contributed by atoms with Crippen LogP contribution in [-0.4, -0.2) is 39.9 Å². The summed E-state index contributed by atoms with van der Waals surface area (Å²) in [5.41, 5.74) is 7.34. The van der Waals surface area contributed by atoms with Crippen LogP contribution in [0, 0.1) is 0 Å². The van der Waals surface area contributed by atoms with Crippen molar-refractivity contribution in [3.05, 3.63) is 67.5 Å². The van der Waals surface area contributed by atoms with E-state index >= 15 is 0 Å². The first-order chi connectivity index (χ1) is 14.8. The number of aromatic nitrogens is 8. The summed E-state index contributed by atoms with van der Waals surface area (Å²) in [6, 6.07) is 10.1. The number of aromatic amines is 2. The van der Waals surface area contributed by atoms with E-state index in [4.69, 9.17) is 0 Å². The molecular formula is C22H16N8. The Kier molecular flexibility index (Phi) is 3.51. The fourth-order valence-corrected chi connectivity index (χ4v) is 3.76. The molecule has 0 saturated heterocycles. The number of nitrogens with zero attached hydrogens (tertiary/aromatic N) is 6. The zero-order chi connectivity index (χ0) is 20.1. The summed E-state index contributed by atoms with van der Waals surface area (Å²) in [6.07, 6.45) is 11.0. The molecule has 6 rings (SSSR count). The van der Waals surface area contributed by atoms with Crippen LogP contribution in [0.25, 0.3) is 55.7 Å². The fourth-order valence-electron chi connectivity index (χ4n) is 3.76. The number of fused-ring (bicyclic) bond motifs is 2. The van der Waals surface area contributed by atoms with Crippen molar-refractivity contribution in [1.82, 2.24) is 39.9 Å². The molecule has 6 aromatic rings. The van der Waals surface area contributed by atoms with Gasteiger partial charge in [-0.05, 0) is 29.8 Å². The third-order valence-corrected chi connectivity index (χ3v) is 5.21. The minimum Gasteiger partial charge on any atom is -0.338 e. The Labute approximate surface area is 170 Å². The van der Waals surface area contributed by atoms with Crippen molar-refractivity contribution in [3.63, 3.8) is 0 Å². The zero-order valence-electron chi connectivity index (χ0n) is 16.0. The van der Waals surface area contributed by atoms with Gasteiger partial charge < -0.3 is 4.98 Å². The van der Waals surface area contributed by atoms with E-state index in [0.29, 0.717) is 0 Å². The second-order valence-corrected chi connectivity index (χ2v) is 7.14. The van der Waals surface area contributed by atoms with E-state index in [1.165, 1.54) is 0 Å². The Morgan fingerprint density at radius 3 is 2.73 bits per heavy atom. The van der Waals surface area contributed by atoms with Gasteiger partial charge in [-0.3, -0.25) is 19.7 Å². The standard InChI is InChI=1S/C22H16N8/c1-30-12-14(10-26-30)18-8-17-20(11-25-18)28-29-21(17)19-7-16-15(4-6-24-22(16)27-19)13-3-2-5-23-9-13/h2-12H,1H3,(H,24,27)(H,28,29). The smallest absolute Gasteiger partial charge is 0.138 e. The first-order valence-corrected chi connectivity index (χ1v) is 9.48. The first-order valence-electron chi connectivity index (χ1n) is 9.48. The van der Waals surface area contributed by atoms with Crippen LogP contribution < -0.4 is 0 Å². The third-order valence-electron chi connectivity index (χ3n) is 5.21. The summed E-state index contributed by atoms with van der Waals surface area (Å²) in [6.45, 7) is 0. The molecule has 8 heteroatoms. The molecule has 0 atom stereocenters. The Morgan fingerprint density at radius 1 is 0.933 bits per heavy atom. The molecule has 0 aliphatic carbocycles. The topological polar surface area (TPSA) is 101 Å². The Hall–Kier alpha value is -4.33. The van der Waals surface area contributed by atoms with Gasteiger partial charge in [-0.25, -0.2) is 4.98 Å². The molecule has 0 spiro atoms. The molecule has 0 radical (unpaired) electrons. The SMILES string of the molecule is Cn1cc(-c2cc3c(-c4cc5c(-c6cccnc6)ccnc5[nH]4)n[nH]c3cn2)cn1. The maximum Gasteiger partial charge on any atom is 0.138 e. The maximum atomic E-state index is 4.55. The predicted octanol–water partition coefficient (Wildman–Crippen LogP) is 3.96. The van der Waals surface area contributed by atoms with Crippen LogP contribution in [0.4, 0.5) is 0 Å². The second-order valence-electron chi connectivity index (χ2n) is 7.14. The van der Waals surface area contributed by atoms with Crippen molar-refractivity contribution >= 4 is 21.9 Å². The molecule has 6 heterocycles.